The number of carbonyl (C=O) groups is 1. The summed E-state index contributed by atoms with van der Waals surface area (Å²) in [4.78, 5) is 24.2. The molecule has 0 unspecified atom stereocenters. The van der Waals surface area contributed by atoms with E-state index in [-0.39, 0.29) is 18.3 Å². The summed E-state index contributed by atoms with van der Waals surface area (Å²) in [7, 11) is 0. The molecule has 8 nitrogen and oxygen atoms in total. The monoisotopic (exact) mass is 779 g/mol. The Balaban J connectivity index is 0.00000496. The summed E-state index contributed by atoms with van der Waals surface area (Å²) in [6.45, 7) is 18.3. The number of amides is 1. The number of halogens is 1. The standard InChI is InChI=1S/C48H49N5O3.ClH/c1-7-51(8-2)31-21-24-38-42(27-31)55-43-28-32(52(9-3)10-4)22-25-39(43)46(38)35-18-14-16-20-37(35)48(54)50-41-30-45-47(36-19-15-13-17-34(36)41)49-40-26-23-33(29-44(40)56-45)53(11-5)12-6;/h13-29H,7-12,30H2,1-6H3;1H. The van der Waals surface area contributed by atoms with Gasteiger partial charge in [0.1, 0.15) is 30.2 Å². The molecule has 2 aliphatic carbocycles. The second-order valence-corrected chi connectivity index (χ2v) is 14.2. The first-order valence-electron chi connectivity index (χ1n) is 20.1. The second-order valence-electron chi connectivity index (χ2n) is 14.2. The molecule has 8 rings (SSSR count). The maximum absolute atomic E-state index is 14.7. The Morgan fingerprint density at radius 1 is 0.719 bits per heavy atom. The van der Waals surface area contributed by atoms with Gasteiger partial charge in [0.2, 0.25) is 5.36 Å². The molecular formula is C48H50ClN5O3. The molecule has 0 saturated carbocycles. The van der Waals surface area contributed by atoms with E-state index in [4.69, 9.17) is 14.1 Å². The Hall–Kier alpha value is -5.86. The topological polar surface area (TPSA) is 73.3 Å². The van der Waals surface area contributed by atoms with E-state index in [1.807, 2.05) is 42.5 Å². The molecule has 4 aliphatic rings. The van der Waals surface area contributed by atoms with Crippen LogP contribution in [-0.4, -0.2) is 50.9 Å². The van der Waals surface area contributed by atoms with Crippen LogP contribution < -0.4 is 42.2 Å². The number of benzene rings is 5. The zero-order valence-corrected chi connectivity index (χ0v) is 34.4. The van der Waals surface area contributed by atoms with Gasteiger partial charge in [0.25, 0.3) is 5.91 Å². The Bertz CT molecular complexity index is 2570. The molecule has 0 radical (unpaired) electrons. The van der Waals surface area contributed by atoms with Gasteiger partial charge in [-0.1, -0.05) is 42.5 Å². The van der Waals surface area contributed by atoms with Crippen LogP contribution in [-0.2, 0) is 0 Å². The van der Waals surface area contributed by atoms with Crippen LogP contribution in [0.25, 0.3) is 39.1 Å². The zero-order chi connectivity index (χ0) is 38.9. The van der Waals surface area contributed by atoms with Gasteiger partial charge in [-0.3, -0.25) is 4.79 Å². The first kappa shape index (κ1) is 39.4. The number of carbonyl (C=O) groups excluding carboxylic acids is 1. The van der Waals surface area contributed by atoms with E-state index in [1.165, 1.54) is 0 Å². The van der Waals surface area contributed by atoms with E-state index in [0.717, 1.165) is 123 Å². The lowest BCUT2D eigenvalue weighted by atomic mass is 9.89. The van der Waals surface area contributed by atoms with Gasteiger partial charge in [-0.2, -0.15) is 0 Å². The number of nitrogens with zero attached hydrogens (tertiary/aromatic N) is 4. The van der Waals surface area contributed by atoms with E-state index < -0.39 is 0 Å². The minimum atomic E-state index is -0.302. The van der Waals surface area contributed by atoms with Gasteiger partial charge in [-0.25, -0.2) is 9.57 Å². The van der Waals surface area contributed by atoms with Gasteiger partial charge < -0.3 is 36.7 Å². The number of ether oxygens (including phenoxy) is 1. The summed E-state index contributed by atoms with van der Waals surface area (Å²) in [5, 5.41) is 5.69. The average Bonchev–Trinajstić information content (AvgIpc) is 3.23. The Morgan fingerprint density at radius 2 is 1.37 bits per heavy atom. The molecule has 0 bridgehead atoms. The molecule has 1 amide bonds. The summed E-state index contributed by atoms with van der Waals surface area (Å²) in [5.74, 6) is 1.99. The van der Waals surface area contributed by atoms with Crippen LogP contribution in [0, 0.1) is 0 Å². The number of rotatable bonds is 10. The summed E-state index contributed by atoms with van der Waals surface area (Å²) >= 11 is 0. The lowest BCUT2D eigenvalue weighted by Gasteiger charge is -2.31. The zero-order valence-electron chi connectivity index (χ0n) is 33.7. The van der Waals surface area contributed by atoms with Crippen molar-refractivity contribution in [1.82, 2.24) is 4.58 Å². The quantitative estimate of drug-likeness (QED) is 0.120. The van der Waals surface area contributed by atoms with Gasteiger partial charge >= 0.3 is 0 Å². The molecule has 292 valence electrons. The van der Waals surface area contributed by atoms with E-state index in [9.17, 15) is 4.79 Å². The molecule has 2 aliphatic heterocycles. The predicted octanol–water partition coefficient (Wildman–Crippen LogP) is 6.92. The molecule has 57 heavy (non-hydrogen) atoms. The molecule has 0 spiro atoms. The average molecular weight is 780 g/mol. The first-order valence-corrected chi connectivity index (χ1v) is 20.1. The third-order valence-corrected chi connectivity index (χ3v) is 11.3. The van der Waals surface area contributed by atoms with Crippen molar-refractivity contribution in [3.63, 3.8) is 0 Å². The summed E-state index contributed by atoms with van der Waals surface area (Å²) < 4.78 is 15.7. The fourth-order valence-electron chi connectivity index (χ4n) is 8.31. The number of aliphatic imine (C=N–C) groups is 1. The minimum Gasteiger partial charge on any atom is -1.00 e. The predicted molar refractivity (Wildman–Crippen MR) is 231 cm³/mol. The van der Waals surface area contributed by atoms with Crippen molar-refractivity contribution < 1.29 is 26.4 Å². The van der Waals surface area contributed by atoms with Gasteiger partial charge in [0.05, 0.1) is 29.6 Å². The van der Waals surface area contributed by atoms with Crippen molar-refractivity contribution in [3.05, 3.63) is 131 Å². The second kappa shape index (κ2) is 16.7. The number of hydrogen-bond donors (Lipinski definition) is 1. The van der Waals surface area contributed by atoms with E-state index in [1.54, 1.807) is 0 Å². The number of hydrogen-bond acceptors (Lipinski definition) is 6. The van der Waals surface area contributed by atoms with Gasteiger partial charge in [0, 0.05) is 89.0 Å². The highest BCUT2D eigenvalue weighted by Gasteiger charge is 2.31. The van der Waals surface area contributed by atoms with Crippen LogP contribution in [0.3, 0.4) is 0 Å². The SMILES string of the molecule is CCN(CC)c1ccc2c(c1)OC1=C(N2)c2ccccc2C(=NC(=O)c2ccccc2-c2c3ccc(=[N+](CC)CC)cc-3oc3cc(N(CC)CC)ccc23)C1.[Cl-]. The molecule has 4 aromatic carbocycles. The smallest absolute Gasteiger partial charge is 0.277 e. The highest BCUT2D eigenvalue weighted by molar-refractivity contribution is 6.18. The summed E-state index contributed by atoms with van der Waals surface area (Å²) in [6.07, 6.45) is 0.376. The molecule has 0 atom stereocenters. The van der Waals surface area contributed by atoms with Crippen LogP contribution in [0.15, 0.2) is 118 Å². The van der Waals surface area contributed by atoms with Crippen LogP contribution in [0.4, 0.5) is 17.1 Å². The highest BCUT2D eigenvalue weighted by Crippen LogP contribution is 2.44. The Morgan fingerprint density at radius 3 is 2.07 bits per heavy atom. The van der Waals surface area contributed by atoms with Crippen molar-refractivity contribution in [2.45, 2.75) is 48.0 Å². The fraction of sp³-hybridized carbons (Fsp3) is 0.271. The van der Waals surface area contributed by atoms with Crippen molar-refractivity contribution in [2.75, 3.05) is 54.4 Å². The van der Waals surface area contributed by atoms with E-state index >= 15 is 0 Å². The van der Waals surface area contributed by atoms with Crippen molar-refractivity contribution in [1.29, 1.82) is 0 Å². The molecular weight excluding hydrogens is 730 g/mol. The number of allylic oxidation sites excluding steroid dienone is 1. The lowest BCUT2D eigenvalue weighted by Crippen LogP contribution is -3.00. The lowest BCUT2D eigenvalue weighted by molar-refractivity contribution is -0.0000202. The van der Waals surface area contributed by atoms with Crippen molar-refractivity contribution in [2.24, 2.45) is 4.99 Å². The third kappa shape index (κ3) is 7.19. The van der Waals surface area contributed by atoms with Gasteiger partial charge in [0.15, 0.2) is 5.75 Å². The van der Waals surface area contributed by atoms with Crippen molar-refractivity contribution >= 4 is 45.3 Å². The summed E-state index contributed by atoms with van der Waals surface area (Å²) in [5.41, 5.74) is 10.6. The maximum Gasteiger partial charge on any atom is 0.277 e. The first-order chi connectivity index (χ1) is 27.4. The van der Waals surface area contributed by atoms with Crippen LogP contribution in [0.5, 0.6) is 5.75 Å². The van der Waals surface area contributed by atoms with E-state index in [2.05, 4.69) is 122 Å². The van der Waals surface area contributed by atoms with Crippen LogP contribution in [0.1, 0.15) is 69.4 Å². The molecule has 0 saturated heterocycles. The molecule has 9 heteroatoms. The Labute approximate surface area is 341 Å². The van der Waals surface area contributed by atoms with Crippen LogP contribution >= 0.6 is 0 Å². The fourth-order valence-corrected chi connectivity index (χ4v) is 8.31. The molecule has 0 fully saturated rings. The Kier molecular flexibility index (Phi) is 11.5. The van der Waals surface area contributed by atoms with Crippen LogP contribution in [0.2, 0.25) is 0 Å². The molecule has 4 aromatic rings. The molecule has 0 aromatic heterocycles. The van der Waals surface area contributed by atoms with Gasteiger partial charge in [-0.15, -0.1) is 0 Å². The van der Waals surface area contributed by atoms with Gasteiger partial charge in [-0.05, 0) is 83.5 Å². The molecule has 1 N–H and O–H groups in total. The minimum absolute atomic E-state index is 0. The third-order valence-electron chi connectivity index (χ3n) is 11.3. The molecule has 2 heterocycles. The van der Waals surface area contributed by atoms with E-state index in [0.29, 0.717) is 17.7 Å². The summed E-state index contributed by atoms with van der Waals surface area (Å²) in [6, 6.07) is 35.1. The maximum atomic E-state index is 14.7. The van der Waals surface area contributed by atoms with Crippen molar-refractivity contribution in [3.8, 4) is 28.2 Å². The number of anilines is 3. The largest absolute Gasteiger partial charge is 1.00 e. The number of fused-ring (bicyclic) bond motifs is 5. The highest BCUT2D eigenvalue weighted by atomic mass is 35.5. The normalized spacial score (nSPS) is 13.6. The number of nitrogens with one attached hydrogen (secondary N) is 1.